The summed E-state index contributed by atoms with van der Waals surface area (Å²) < 4.78 is 128. The number of hydrogen-bond acceptors (Lipinski definition) is 2. The van der Waals surface area contributed by atoms with Crippen LogP contribution in [0.25, 0.3) is 0 Å². The highest BCUT2D eigenvalue weighted by atomic mass is 127. The third-order valence-electron chi connectivity index (χ3n) is 1.61. The average Bonchev–Trinajstić information content (AvgIpc) is 2.23. The first-order valence-electron chi connectivity index (χ1n) is 4.41. The lowest BCUT2D eigenvalue weighted by molar-refractivity contribution is -0.465. The van der Waals surface area contributed by atoms with Crippen molar-refractivity contribution in [1.29, 1.82) is 0 Å². The molecular weight excluding hydrogens is 433 g/mol. The minimum Gasteiger partial charge on any atom is -0.315 e. The summed E-state index contributed by atoms with van der Waals surface area (Å²) in [5.41, 5.74) is 0. The molecule has 0 aliphatic rings. The molecule has 0 radical (unpaired) electrons. The number of halogens is 11. The second-order valence-electron chi connectivity index (χ2n) is 3.12. The van der Waals surface area contributed by atoms with E-state index in [4.69, 9.17) is 0 Å². The van der Waals surface area contributed by atoms with Crippen LogP contribution in [-0.4, -0.2) is 41.7 Å². The molecule has 0 aliphatic carbocycles. The molecule has 0 aromatic carbocycles. The summed E-state index contributed by atoms with van der Waals surface area (Å²) in [7, 11) is 0. The second-order valence-corrected chi connectivity index (χ2v) is 4.20. The summed E-state index contributed by atoms with van der Waals surface area (Å²) in [6, 6.07) is 0. The lowest BCUT2D eigenvalue weighted by Crippen LogP contribution is -2.56. The molecular formula is C7H5F10IO2. The predicted octanol–water partition coefficient (Wildman–Crippen LogP) is 4.13. The van der Waals surface area contributed by atoms with Crippen LogP contribution in [0.5, 0.6) is 0 Å². The zero-order valence-corrected chi connectivity index (χ0v) is 11.1. The van der Waals surface area contributed by atoms with Crippen LogP contribution < -0.4 is 0 Å². The molecule has 13 heteroatoms. The third-order valence-corrected chi connectivity index (χ3v) is 2.05. The van der Waals surface area contributed by atoms with Crippen LogP contribution in [-0.2, 0) is 9.47 Å². The van der Waals surface area contributed by atoms with Crippen molar-refractivity contribution in [3.63, 3.8) is 0 Å². The van der Waals surface area contributed by atoms with Crippen molar-refractivity contribution in [1.82, 2.24) is 0 Å². The van der Waals surface area contributed by atoms with Crippen LogP contribution in [0.4, 0.5) is 43.9 Å². The van der Waals surface area contributed by atoms with E-state index >= 15 is 0 Å². The summed E-state index contributed by atoms with van der Waals surface area (Å²) in [5.74, 6) is -6.86. The molecule has 0 rings (SSSR count). The largest absolute Gasteiger partial charge is 0.462 e. The highest BCUT2D eigenvalue weighted by Crippen LogP contribution is 2.48. The number of ether oxygens (including phenoxy) is 2. The SMILES string of the molecule is FC(OC(F)(F)C(F)(F)C(F)(F)F)C(F)(F)OCCI. The topological polar surface area (TPSA) is 18.5 Å². The molecule has 122 valence electrons. The van der Waals surface area contributed by atoms with Gasteiger partial charge in [-0.1, -0.05) is 22.6 Å². The zero-order valence-electron chi connectivity index (χ0n) is 8.97. The molecule has 0 bridgehead atoms. The molecule has 0 saturated heterocycles. The molecule has 20 heavy (non-hydrogen) atoms. The highest BCUT2D eigenvalue weighted by molar-refractivity contribution is 14.1. The standard InChI is InChI=1S/C7H5F10IO2/c8-3(4(9,10)19-2-1-18)20-7(16,17)5(11,12)6(13,14)15/h3H,1-2H2. The summed E-state index contributed by atoms with van der Waals surface area (Å²) >= 11 is 1.46. The van der Waals surface area contributed by atoms with E-state index in [2.05, 4.69) is 9.47 Å². The molecule has 0 heterocycles. The maximum absolute atomic E-state index is 12.6. The van der Waals surface area contributed by atoms with E-state index < -0.39 is 37.3 Å². The van der Waals surface area contributed by atoms with E-state index in [9.17, 15) is 43.9 Å². The highest BCUT2D eigenvalue weighted by Gasteiger charge is 2.76. The van der Waals surface area contributed by atoms with Crippen LogP contribution in [0.1, 0.15) is 0 Å². The predicted molar refractivity (Wildman–Crippen MR) is 51.7 cm³/mol. The van der Waals surface area contributed by atoms with E-state index in [0.29, 0.717) is 0 Å². The Bertz CT molecular complexity index is 317. The maximum Gasteiger partial charge on any atom is 0.462 e. The van der Waals surface area contributed by atoms with Gasteiger partial charge in [-0.15, -0.1) is 0 Å². The number of hydrogen-bond donors (Lipinski definition) is 0. The molecule has 1 atom stereocenters. The van der Waals surface area contributed by atoms with E-state index in [1.54, 1.807) is 0 Å². The second kappa shape index (κ2) is 6.37. The molecule has 2 nitrogen and oxygen atoms in total. The van der Waals surface area contributed by atoms with E-state index in [0.717, 1.165) is 0 Å². The molecule has 0 aliphatic heterocycles. The van der Waals surface area contributed by atoms with Crippen molar-refractivity contribution in [3.8, 4) is 0 Å². The van der Waals surface area contributed by atoms with Crippen LogP contribution in [0.2, 0.25) is 0 Å². The average molecular weight is 438 g/mol. The van der Waals surface area contributed by atoms with E-state index in [-0.39, 0.29) is 4.43 Å². The lowest BCUT2D eigenvalue weighted by atomic mass is 10.3. The van der Waals surface area contributed by atoms with Gasteiger partial charge in [-0.3, -0.25) is 4.74 Å². The van der Waals surface area contributed by atoms with Crippen molar-refractivity contribution in [2.75, 3.05) is 11.0 Å². The fraction of sp³-hybridized carbons (Fsp3) is 1.00. The van der Waals surface area contributed by atoms with Crippen LogP contribution in [0.3, 0.4) is 0 Å². The van der Waals surface area contributed by atoms with E-state index in [1.165, 1.54) is 22.6 Å². The fourth-order valence-electron chi connectivity index (χ4n) is 0.678. The quantitative estimate of drug-likeness (QED) is 0.338. The molecule has 1 unspecified atom stereocenters. The Balaban J connectivity index is 5.01. The first-order valence-corrected chi connectivity index (χ1v) is 5.93. The van der Waals surface area contributed by atoms with Crippen LogP contribution in [0, 0.1) is 0 Å². The first-order chi connectivity index (χ1) is 8.69. The minimum absolute atomic E-state index is 0.158. The first kappa shape index (κ1) is 19.9. The van der Waals surface area contributed by atoms with Gasteiger partial charge in [-0.25, -0.2) is 4.39 Å². The van der Waals surface area contributed by atoms with Gasteiger partial charge in [0.25, 0.3) is 6.36 Å². The van der Waals surface area contributed by atoms with Gasteiger partial charge in [0.1, 0.15) is 0 Å². The van der Waals surface area contributed by atoms with Gasteiger partial charge in [-0.2, -0.15) is 39.5 Å². The minimum atomic E-state index is -6.86. The van der Waals surface area contributed by atoms with E-state index in [1.807, 2.05) is 0 Å². The lowest BCUT2D eigenvalue weighted by Gasteiger charge is -2.30. The molecule has 0 spiro atoms. The van der Waals surface area contributed by atoms with Gasteiger partial charge >= 0.3 is 24.3 Å². The normalized spacial score (nSPS) is 16.4. The summed E-state index contributed by atoms with van der Waals surface area (Å²) in [5, 5.41) is 0. The molecule has 0 aromatic heterocycles. The molecule has 0 saturated carbocycles. The summed E-state index contributed by atoms with van der Waals surface area (Å²) in [4.78, 5) is 0. The van der Waals surface area contributed by atoms with Crippen molar-refractivity contribution in [2.24, 2.45) is 0 Å². The Morgan fingerprint density at radius 1 is 0.900 bits per heavy atom. The summed E-state index contributed by atoms with van der Waals surface area (Å²) in [6.45, 7) is -0.876. The molecule has 0 aromatic rings. The van der Waals surface area contributed by atoms with Crippen molar-refractivity contribution in [2.45, 2.75) is 30.7 Å². The van der Waals surface area contributed by atoms with Gasteiger partial charge in [0.2, 0.25) is 0 Å². The van der Waals surface area contributed by atoms with Crippen LogP contribution >= 0.6 is 22.6 Å². The number of rotatable bonds is 7. The van der Waals surface area contributed by atoms with Gasteiger partial charge in [0.15, 0.2) is 0 Å². The number of alkyl halides is 11. The van der Waals surface area contributed by atoms with Crippen molar-refractivity contribution >= 4 is 22.6 Å². The molecule has 0 N–H and O–H groups in total. The van der Waals surface area contributed by atoms with Gasteiger partial charge in [0.05, 0.1) is 6.61 Å². The maximum atomic E-state index is 12.6. The smallest absolute Gasteiger partial charge is 0.315 e. The molecule has 0 fully saturated rings. The summed E-state index contributed by atoms with van der Waals surface area (Å²) in [6.07, 6.45) is -23.0. The Morgan fingerprint density at radius 2 is 1.35 bits per heavy atom. The van der Waals surface area contributed by atoms with Gasteiger partial charge < -0.3 is 4.74 Å². The van der Waals surface area contributed by atoms with Gasteiger partial charge in [-0.05, 0) is 0 Å². The zero-order chi connectivity index (χ0) is 16.4. The fourth-order valence-corrected chi connectivity index (χ4v) is 0.898. The van der Waals surface area contributed by atoms with Crippen LogP contribution in [0.15, 0.2) is 0 Å². The molecule has 0 amide bonds. The third kappa shape index (κ3) is 4.47. The Labute approximate surface area is 118 Å². The van der Waals surface area contributed by atoms with Crippen molar-refractivity contribution < 1.29 is 53.4 Å². The Morgan fingerprint density at radius 3 is 1.70 bits per heavy atom. The van der Waals surface area contributed by atoms with Crippen molar-refractivity contribution in [3.05, 3.63) is 0 Å². The van der Waals surface area contributed by atoms with Gasteiger partial charge in [0, 0.05) is 4.43 Å². The monoisotopic (exact) mass is 438 g/mol. The Kier molecular flexibility index (Phi) is 6.36. The Hall–Kier alpha value is -0.0500.